The van der Waals surface area contributed by atoms with Crippen molar-refractivity contribution >= 4 is 49.0 Å². The van der Waals surface area contributed by atoms with Crippen LogP contribution in [-0.2, 0) is 0 Å². The molecule has 1 heterocycles. The number of para-hydroxylation sites is 2. The summed E-state index contributed by atoms with van der Waals surface area (Å²) in [7, 11) is 0. The number of hydrogen-bond acceptors (Lipinski definition) is 0. The molecule has 0 saturated heterocycles. The predicted octanol–water partition coefficient (Wildman–Crippen LogP) is 14.3. The highest BCUT2D eigenvalue weighted by molar-refractivity contribution is 6.21. The molecular formula is C51H32N2. The van der Waals surface area contributed by atoms with E-state index in [2.05, 4.69) is 191 Å². The number of nitrogens with zero attached hydrogens (tertiary/aromatic N) is 2. The van der Waals surface area contributed by atoms with Gasteiger partial charge in [-0.25, -0.2) is 4.85 Å². The van der Waals surface area contributed by atoms with Crippen molar-refractivity contribution < 1.29 is 0 Å². The van der Waals surface area contributed by atoms with Crippen LogP contribution >= 0.6 is 0 Å². The van der Waals surface area contributed by atoms with Crippen molar-refractivity contribution in [3.05, 3.63) is 206 Å². The lowest BCUT2D eigenvalue weighted by molar-refractivity contribution is 1.18. The molecule has 0 saturated carbocycles. The van der Waals surface area contributed by atoms with E-state index >= 15 is 0 Å². The third-order valence-electron chi connectivity index (χ3n) is 10.6. The third-order valence-corrected chi connectivity index (χ3v) is 10.6. The molecule has 0 spiro atoms. The highest BCUT2D eigenvalue weighted by Gasteiger charge is 2.18. The predicted molar refractivity (Wildman–Crippen MR) is 224 cm³/mol. The molecule has 0 amide bonds. The Morgan fingerprint density at radius 1 is 0.340 bits per heavy atom. The van der Waals surface area contributed by atoms with E-state index in [9.17, 15) is 0 Å². The second kappa shape index (κ2) is 12.5. The van der Waals surface area contributed by atoms with Gasteiger partial charge in [0, 0.05) is 10.8 Å². The van der Waals surface area contributed by atoms with Gasteiger partial charge in [0.1, 0.15) is 0 Å². The van der Waals surface area contributed by atoms with Gasteiger partial charge in [-0.15, -0.1) is 0 Å². The van der Waals surface area contributed by atoms with Crippen molar-refractivity contribution in [2.75, 3.05) is 0 Å². The van der Waals surface area contributed by atoms with Crippen molar-refractivity contribution in [1.82, 2.24) is 4.57 Å². The molecule has 0 aliphatic heterocycles. The van der Waals surface area contributed by atoms with Gasteiger partial charge in [0.05, 0.1) is 23.3 Å². The van der Waals surface area contributed by atoms with Crippen molar-refractivity contribution in [2.24, 2.45) is 0 Å². The Morgan fingerprint density at radius 2 is 0.792 bits per heavy atom. The van der Waals surface area contributed by atoms with Crippen molar-refractivity contribution in [1.29, 1.82) is 0 Å². The van der Waals surface area contributed by atoms with Gasteiger partial charge in [-0.1, -0.05) is 164 Å². The first-order valence-electron chi connectivity index (χ1n) is 18.0. The molecule has 0 unspecified atom stereocenters. The second-order valence-electron chi connectivity index (χ2n) is 13.5. The lowest BCUT2D eigenvalue weighted by Gasteiger charge is -2.18. The maximum absolute atomic E-state index is 7.85. The van der Waals surface area contributed by atoms with Crippen molar-refractivity contribution in [3.63, 3.8) is 0 Å². The number of hydrogen-bond donors (Lipinski definition) is 0. The summed E-state index contributed by atoms with van der Waals surface area (Å²) >= 11 is 0. The van der Waals surface area contributed by atoms with Gasteiger partial charge in [-0.2, -0.15) is 0 Å². The minimum atomic E-state index is 0.622. The molecule has 2 nitrogen and oxygen atoms in total. The van der Waals surface area contributed by atoms with E-state index in [0.29, 0.717) is 5.69 Å². The molecule has 9 aromatic carbocycles. The summed E-state index contributed by atoms with van der Waals surface area (Å²) in [5.41, 5.74) is 13.3. The van der Waals surface area contributed by atoms with Crippen LogP contribution in [0.5, 0.6) is 0 Å². The zero-order chi connectivity index (χ0) is 35.3. The standard InChI is InChI=1S/C51H32N2/c1-52-39-30-31-49(53-47-24-11-9-18-40(47)41-19-10-12-25-48(41)53)46(33-39)38-17-13-16-37(32-38)34-26-28-36(29-27-34)51-44-22-7-5-20-42(44)50(35-14-3-2-4-15-35)43-21-6-8-23-45(43)51/h2-33H. The normalized spacial score (nSPS) is 11.4. The van der Waals surface area contributed by atoms with Gasteiger partial charge in [0.2, 0.25) is 0 Å². The number of rotatable bonds is 5. The smallest absolute Gasteiger partial charge is 0.188 e. The molecule has 0 N–H and O–H groups in total. The van der Waals surface area contributed by atoms with Gasteiger partial charge in [0.25, 0.3) is 0 Å². The fourth-order valence-electron chi connectivity index (χ4n) is 8.25. The Morgan fingerprint density at radius 3 is 1.36 bits per heavy atom. The monoisotopic (exact) mass is 672 g/mol. The highest BCUT2D eigenvalue weighted by Crippen LogP contribution is 2.44. The van der Waals surface area contributed by atoms with Crippen LogP contribution in [0.25, 0.3) is 98.4 Å². The molecule has 0 atom stereocenters. The summed E-state index contributed by atoms with van der Waals surface area (Å²) < 4.78 is 2.34. The van der Waals surface area contributed by atoms with E-state index in [1.807, 2.05) is 12.1 Å². The van der Waals surface area contributed by atoms with E-state index in [1.165, 1.54) is 54.6 Å². The first-order valence-corrected chi connectivity index (χ1v) is 18.0. The topological polar surface area (TPSA) is 9.29 Å². The van der Waals surface area contributed by atoms with E-state index in [0.717, 1.165) is 39.0 Å². The van der Waals surface area contributed by atoms with E-state index in [4.69, 9.17) is 6.57 Å². The summed E-state index contributed by atoms with van der Waals surface area (Å²) in [5, 5.41) is 7.43. The summed E-state index contributed by atoms with van der Waals surface area (Å²) in [6.45, 7) is 7.85. The molecule has 0 aliphatic carbocycles. The van der Waals surface area contributed by atoms with Crippen LogP contribution in [0.3, 0.4) is 0 Å². The summed E-state index contributed by atoms with van der Waals surface area (Å²) in [6, 6.07) is 69.3. The average molecular weight is 673 g/mol. The summed E-state index contributed by atoms with van der Waals surface area (Å²) in [6.07, 6.45) is 0. The maximum atomic E-state index is 7.85. The largest absolute Gasteiger partial charge is 0.309 e. The van der Waals surface area contributed by atoms with E-state index < -0.39 is 0 Å². The van der Waals surface area contributed by atoms with Crippen molar-refractivity contribution in [3.8, 4) is 50.2 Å². The summed E-state index contributed by atoms with van der Waals surface area (Å²) in [5.74, 6) is 0. The van der Waals surface area contributed by atoms with Crippen LogP contribution < -0.4 is 0 Å². The average Bonchev–Trinajstić information content (AvgIpc) is 3.57. The van der Waals surface area contributed by atoms with Crippen molar-refractivity contribution in [2.45, 2.75) is 0 Å². The summed E-state index contributed by atoms with van der Waals surface area (Å²) in [4.78, 5) is 3.83. The Balaban J connectivity index is 1.10. The first-order chi connectivity index (χ1) is 26.3. The molecule has 2 heteroatoms. The molecular weight excluding hydrogens is 641 g/mol. The fraction of sp³-hybridized carbons (Fsp3) is 0. The van der Waals surface area contributed by atoms with E-state index in [1.54, 1.807) is 0 Å². The minimum absolute atomic E-state index is 0.622. The van der Waals surface area contributed by atoms with Gasteiger partial charge < -0.3 is 4.57 Å². The minimum Gasteiger partial charge on any atom is -0.309 e. The Hall–Kier alpha value is -7.21. The zero-order valence-electron chi connectivity index (χ0n) is 28.9. The number of fused-ring (bicyclic) bond motifs is 5. The number of aromatic nitrogens is 1. The molecule has 0 radical (unpaired) electrons. The SMILES string of the molecule is [C-]#[N+]c1ccc(-n2c3ccccc3c3ccccc32)c(-c2cccc(-c3ccc(-c4c5ccccc5c(-c5ccccc5)c5ccccc45)cc3)c2)c1. The van der Waals surface area contributed by atoms with Crippen LogP contribution in [-0.4, -0.2) is 4.57 Å². The van der Waals surface area contributed by atoms with Crippen LogP contribution in [0, 0.1) is 6.57 Å². The molecule has 246 valence electrons. The Bertz CT molecular complexity index is 2940. The maximum Gasteiger partial charge on any atom is 0.188 e. The molecule has 0 aliphatic rings. The van der Waals surface area contributed by atoms with Crippen LogP contribution in [0.4, 0.5) is 5.69 Å². The van der Waals surface area contributed by atoms with Gasteiger partial charge >= 0.3 is 0 Å². The number of benzene rings is 9. The molecule has 10 rings (SSSR count). The molecule has 0 bridgehead atoms. The second-order valence-corrected chi connectivity index (χ2v) is 13.5. The lowest BCUT2D eigenvalue weighted by Crippen LogP contribution is -1.97. The quantitative estimate of drug-likeness (QED) is 0.127. The zero-order valence-corrected chi connectivity index (χ0v) is 28.9. The lowest BCUT2D eigenvalue weighted by atomic mass is 9.85. The Kier molecular flexibility index (Phi) is 7.23. The van der Waals surface area contributed by atoms with Gasteiger partial charge in [-0.3, -0.25) is 0 Å². The van der Waals surface area contributed by atoms with Crippen LogP contribution in [0.1, 0.15) is 0 Å². The van der Waals surface area contributed by atoms with Crippen LogP contribution in [0.15, 0.2) is 194 Å². The highest BCUT2D eigenvalue weighted by atomic mass is 15.0. The molecule has 10 aromatic rings. The van der Waals surface area contributed by atoms with Gasteiger partial charge in [-0.05, 0) is 96.4 Å². The van der Waals surface area contributed by atoms with Crippen LogP contribution in [0.2, 0.25) is 0 Å². The third kappa shape index (κ3) is 5.02. The fourth-order valence-corrected chi connectivity index (χ4v) is 8.25. The van der Waals surface area contributed by atoms with E-state index in [-0.39, 0.29) is 0 Å². The molecule has 1 aromatic heterocycles. The molecule has 53 heavy (non-hydrogen) atoms. The Labute approximate surface area is 308 Å². The van der Waals surface area contributed by atoms with Gasteiger partial charge in [0.15, 0.2) is 5.69 Å². The molecule has 0 fully saturated rings. The first kappa shape index (κ1) is 30.6.